The Balaban J connectivity index is 1.66. The third-order valence-corrected chi connectivity index (χ3v) is 6.72. The van der Waals surface area contributed by atoms with Gasteiger partial charge in [-0.1, -0.05) is 24.3 Å². The van der Waals surface area contributed by atoms with Gasteiger partial charge in [0.05, 0.1) is 0 Å². The first-order valence-electron chi connectivity index (χ1n) is 9.95. The van der Waals surface area contributed by atoms with Crippen molar-refractivity contribution in [3.63, 3.8) is 0 Å². The van der Waals surface area contributed by atoms with Crippen LogP contribution in [0.3, 0.4) is 0 Å². The predicted molar refractivity (Wildman–Crippen MR) is 117 cm³/mol. The van der Waals surface area contributed by atoms with Gasteiger partial charge in [-0.15, -0.1) is 0 Å². The van der Waals surface area contributed by atoms with E-state index in [1.165, 1.54) is 16.8 Å². The van der Waals surface area contributed by atoms with Crippen molar-refractivity contribution in [3.8, 4) is 0 Å². The zero-order valence-electron chi connectivity index (χ0n) is 16.6. The maximum Gasteiger partial charge on any atom is 0.253 e. The first kappa shape index (κ1) is 19.8. The third kappa shape index (κ3) is 4.67. The van der Waals surface area contributed by atoms with Gasteiger partial charge in [-0.3, -0.25) is 4.79 Å². The number of hydrogen-bond donors (Lipinski definition) is 0. The topological polar surface area (TPSA) is 23.6 Å². The van der Waals surface area contributed by atoms with E-state index in [1.54, 1.807) is 0 Å². The summed E-state index contributed by atoms with van der Waals surface area (Å²) in [7, 11) is 0. The van der Waals surface area contributed by atoms with Crippen LogP contribution in [0.2, 0.25) is 0 Å². The summed E-state index contributed by atoms with van der Waals surface area (Å²) in [6.07, 6.45) is 1.01. The Morgan fingerprint density at radius 3 is 2.44 bits per heavy atom. The van der Waals surface area contributed by atoms with E-state index in [2.05, 4.69) is 62.1 Å². The molecule has 0 spiro atoms. The van der Waals surface area contributed by atoms with Crippen molar-refractivity contribution >= 4 is 23.4 Å². The van der Waals surface area contributed by atoms with E-state index >= 15 is 0 Å². The zero-order chi connectivity index (χ0) is 19.2. The number of aryl methyl sites for hydroxylation is 1. The molecule has 3 nitrogen and oxygen atoms in total. The molecule has 1 saturated heterocycles. The van der Waals surface area contributed by atoms with Crippen molar-refractivity contribution < 1.29 is 4.79 Å². The molecule has 2 aromatic rings. The van der Waals surface area contributed by atoms with E-state index in [1.807, 2.05) is 28.8 Å². The third-order valence-electron chi connectivity index (χ3n) is 5.41. The van der Waals surface area contributed by atoms with Gasteiger partial charge in [0.2, 0.25) is 0 Å². The van der Waals surface area contributed by atoms with Gasteiger partial charge in [0.25, 0.3) is 5.91 Å². The SMILES string of the molecule is CCN(CC)c1ccc(C(=O)N2CCSC(c3ccccc3C)CC2)cc1. The minimum Gasteiger partial charge on any atom is -0.372 e. The highest BCUT2D eigenvalue weighted by Crippen LogP contribution is 2.36. The molecule has 3 rings (SSSR count). The Labute approximate surface area is 167 Å². The van der Waals surface area contributed by atoms with Crippen LogP contribution < -0.4 is 4.90 Å². The normalized spacial score (nSPS) is 17.4. The number of carbonyl (C=O) groups is 1. The van der Waals surface area contributed by atoms with Gasteiger partial charge in [-0.2, -0.15) is 11.8 Å². The van der Waals surface area contributed by atoms with Crippen molar-refractivity contribution in [3.05, 3.63) is 65.2 Å². The van der Waals surface area contributed by atoms with Crippen LogP contribution in [0, 0.1) is 6.92 Å². The molecule has 2 aromatic carbocycles. The summed E-state index contributed by atoms with van der Waals surface area (Å²) < 4.78 is 0. The van der Waals surface area contributed by atoms with Gasteiger partial charge in [0.1, 0.15) is 0 Å². The summed E-state index contributed by atoms with van der Waals surface area (Å²) in [6.45, 7) is 10.1. The number of benzene rings is 2. The number of thioether (sulfide) groups is 1. The maximum atomic E-state index is 13.0. The Morgan fingerprint density at radius 1 is 1.07 bits per heavy atom. The van der Waals surface area contributed by atoms with Crippen molar-refractivity contribution in [1.82, 2.24) is 4.90 Å². The Bertz CT molecular complexity index is 755. The molecule has 1 heterocycles. The maximum absolute atomic E-state index is 13.0. The molecule has 0 N–H and O–H groups in total. The highest BCUT2D eigenvalue weighted by atomic mass is 32.2. The number of carbonyl (C=O) groups excluding carboxylic acids is 1. The van der Waals surface area contributed by atoms with E-state index in [0.29, 0.717) is 5.25 Å². The van der Waals surface area contributed by atoms with Gasteiger partial charge in [-0.25, -0.2) is 0 Å². The van der Waals surface area contributed by atoms with Crippen LogP contribution in [0.1, 0.15) is 47.0 Å². The number of hydrogen-bond acceptors (Lipinski definition) is 3. The van der Waals surface area contributed by atoms with Gasteiger partial charge in [-0.05, 0) is 62.6 Å². The Morgan fingerprint density at radius 2 is 1.78 bits per heavy atom. The molecule has 1 aliphatic heterocycles. The molecule has 0 bridgehead atoms. The van der Waals surface area contributed by atoms with Crippen molar-refractivity contribution in [2.75, 3.05) is 36.8 Å². The summed E-state index contributed by atoms with van der Waals surface area (Å²) in [5, 5.41) is 0.481. The van der Waals surface area contributed by atoms with Crippen LogP contribution in [-0.4, -0.2) is 42.7 Å². The number of rotatable bonds is 5. The quantitative estimate of drug-likeness (QED) is 0.713. The second-order valence-corrected chi connectivity index (χ2v) is 8.33. The standard InChI is InChI=1S/C23H30N2OS/c1-4-24(5-2)20-12-10-19(11-13-20)23(26)25-15-14-22(27-17-16-25)21-9-7-6-8-18(21)3/h6-13,22H,4-5,14-17H2,1-3H3. The largest absolute Gasteiger partial charge is 0.372 e. The fourth-order valence-electron chi connectivity index (χ4n) is 3.76. The minimum absolute atomic E-state index is 0.159. The zero-order valence-corrected chi connectivity index (χ0v) is 17.5. The van der Waals surface area contributed by atoms with Gasteiger partial charge in [0.15, 0.2) is 0 Å². The molecular formula is C23H30N2OS. The predicted octanol–water partition coefficient (Wildman–Crippen LogP) is 5.16. The van der Waals surface area contributed by atoms with E-state index < -0.39 is 0 Å². The highest BCUT2D eigenvalue weighted by Gasteiger charge is 2.23. The fourth-order valence-corrected chi connectivity index (χ4v) is 5.08. The molecule has 1 unspecified atom stereocenters. The average Bonchev–Trinajstić information content (AvgIpc) is 2.95. The lowest BCUT2D eigenvalue weighted by molar-refractivity contribution is 0.0766. The summed E-state index contributed by atoms with van der Waals surface area (Å²) >= 11 is 1.98. The van der Waals surface area contributed by atoms with Crippen LogP contribution >= 0.6 is 11.8 Å². The van der Waals surface area contributed by atoms with E-state index in [-0.39, 0.29) is 5.91 Å². The highest BCUT2D eigenvalue weighted by molar-refractivity contribution is 7.99. The molecule has 0 saturated carbocycles. The Kier molecular flexibility index (Phi) is 6.84. The van der Waals surface area contributed by atoms with E-state index in [0.717, 1.165) is 43.9 Å². The second kappa shape index (κ2) is 9.32. The average molecular weight is 383 g/mol. The smallest absolute Gasteiger partial charge is 0.253 e. The molecule has 0 aromatic heterocycles. The van der Waals surface area contributed by atoms with Crippen LogP contribution in [-0.2, 0) is 0 Å². The lowest BCUT2D eigenvalue weighted by Gasteiger charge is -2.23. The van der Waals surface area contributed by atoms with E-state index in [4.69, 9.17) is 0 Å². The Hall–Kier alpha value is -1.94. The van der Waals surface area contributed by atoms with Crippen molar-refractivity contribution in [1.29, 1.82) is 0 Å². The first-order valence-corrected chi connectivity index (χ1v) is 11.0. The molecule has 27 heavy (non-hydrogen) atoms. The number of anilines is 1. The van der Waals surface area contributed by atoms with Crippen LogP contribution in [0.25, 0.3) is 0 Å². The van der Waals surface area contributed by atoms with Gasteiger partial charge in [0, 0.05) is 48.4 Å². The molecule has 1 aliphatic rings. The number of nitrogens with zero attached hydrogens (tertiary/aromatic N) is 2. The summed E-state index contributed by atoms with van der Waals surface area (Å²) in [4.78, 5) is 17.3. The fraction of sp³-hybridized carbons (Fsp3) is 0.435. The lowest BCUT2D eigenvalue weighted by Crippen LogP contribution is -2.33. The molecule has 1 atom stereocenters. The molecule has 1 amide bonds. The molecule has 0 aliphatic carbocycles. The second-order valence-electron chi connectivity index (χ2n) is 7.02. The van der Waals surface area contributed by atoms with Crippen molar-refractivity contribution in [2.24, 2.45) is 0 Å². The summed E-state index contributed by atoms with van der Waals surface area (Å²) in [5.41, 5.74) is 4.75. The monoisotopic (exact) mass is 382 g/mol. The van der Waals surface area contributed by atoms with Crippen LogP contribution in [0.5, 0.6) is 0 Å². The summed E-state index contributed by atoms with van der Waals surface area (Å²) in [6, 6.07) is 16.7. The van der Waals surface area contributed by atoms with E-state index in [9.17, 15) is 4.79 Å². The number of amides is 1. The molecule has 0 radical (unpaired) electrons. The first-order chi connectivity index (χ1) is 13.1. The lowest BCUT2D eigenvalue weighted by atomic mass is 10.0. The van der Waals surface area contributed by atoms with Gasteiger partial charge >= 0.3 is 0 Å². The minimum atomic E-state index is 0.159. The van der Waals surface area contributed by atoms with Crippen LogP contribution in [0.15, 0.2) is 48.5 Å². The molecule has 1 fully saturated rings. The molecule has 144 valence electrons. The molecule has 4 heteroatoms. The van der Waals surface area contributed by atoms with Crippen molar-refractivity contribution in [2.45, 2.75) is 32.4 Å². The summed E-state index contributed by atoms with van der Waals surface area (Å²) in [5.74, 6) is 1.15. The van der Waals surface area contributed by atoms with Crippen LogP contribution in [0.4, 0.5) is 5.69 Å². The van der Waals surface area contributed by atoms with Gasteiger partial charge < -0.3 is 9.80 Å². The molecular weight excluding hydrogens is 352 g/mol.